The summed E-state index contributed by atoms with van der Waals surface area (Å²) in [6, 6.07) is 0. The van der Waals surface area contributed by atoms with E-state index < -0.39 is 11.7 Å². The molecule has 1 unspecified atom stereocenters. The van der Waals surface area contributed by atoms with Crippen LogP contribution in [-0.2, 0) is 0 Å². The van der Waals surface area contributed by atoms with Crippen molar-refractivity contribution in [1.29, 1.82) is 0 Å². The van der Waals surface area contributed by atoms with Crippen LogP contribution in [0.4, 0.5) is 0 Å². The van der Waals surface area contributed by atoms with Crippen molar-refractivity contribution in [3.8, 4) is 0 Å². The van der Waals surface area contributed by atoms with Crippen LogP contribution in [0.25, 0.3) is 0 Å². The van der Waals surface area contributed by atoms with Crippen molar-refractivity contribution in [1.82, 2.24) is 0 Å². The zero-order valence-electron chi connectivity index (χ0n) is 7.50. The zero-order valence-corrected chi connectivity index (χ0v) is 7.50. The van der Waals surface area contributed by atoms with Gasteiger partial charge in [-0.25, -0.2) is 0 Å². The fraction of sp³-hybridized carbons (Fsp3) is 1.00. The van der Waals surface area contributed by atoms with Crippen molar-refractivity contribution in [3.63, 3.8) is 0 Å². The minimum Gasteiger partial charge on any atom is -0.390 e. The summed E-state index contributed by atoms with van der Waals surface area (Å²) in [5, 5.41) is 19.8. The van der Waals surface area contributed by atoms with E-state index in [1.807, 2.05) is 0 Å². The highest BCUT2D eigenvalue weighted by Crippen LogP contribution is 2.40. The number of aliphatic hydroxyl groups is 2. The van der Waals surface area contributed by atoms with Crippen LogP contribution < -0.4 is 0 Å². The molecule has 0 radical (unpaired) electrons. The largest absolute Gasteiger partial charge is 0.390 e. The first-order chi connectivity index (χ1) is 5.71. The predicted molar refractivity (Wildman–Crippen MR) is 46.8 cm³/mol. The highest BCUT2D eigenvalue weighted by molar-refractivity contribution is 4.93. The first kappa shape index (κ1) is 8.52. The van der Waals surface area contributed by atoms with Crippen molar-refractivity contribution < 1.29 is 10.2 Å². The Balaban J connectivity index is 1.87. The lowest BCUT2D eigenvalue weighted by atomic mass is 9.91. The van der Waals surface area contributed by atoms with Gasteiger partial charge in [0.05, 0.1) is 11.7 Å². The van der Waals surface area contributed by atoms with E-state index in [0.717, 1.165) is 32.1 Å². The van der Waals surface area contributed by atoms with Crippen molar-refractivity contribution in [3.05, 3.63) is 0 Å². The molecule has 0 bridgehead atoms. The molecule has 2 heteroatoms. The van der Waals surface area contributed by atoms with Crippen LogP contribution in [0.5, 0.6) is 0 Å². The third-order valence-electron chi connectivity index (χ3n) is 3.34. The van der Waals surface area contributed by atoms with Crippen LogP contribution in [0.3, 0.4) is 0 Å². The molecule has 0 aromatic rings. The molecule has 0 amide bonds. The summed E-state index contributed by atoms with van der Waals surface area (Å²) < 4.78 is 0. The molecule has 2 nitrogen and oxygen atoms in total. The fourth-order valence-electron chi connectivity index (χ4n) is 2.21. The summed E-state index contributed by atoms with van der Waals surface area (Å²) in [5.41, 5.74) is -0.720. The summed E-state index contributed by atoms with van der Waals surface area (Å²) >= 11 is 0. The van der Waals surface area contributed by atoms with Gasteiger partial charge < -0.3 is 10.2 Å². The predicted octanol–water partition coefficient (Wildman–Crippen LogP) is 1.45. The van der Waals surface area contributed by atoms with Gasteiger partial charge in [0.15, 0.2) is 0 Å². The average molecular weight is 170 g/mol. The Kier molecular flexibility index (Phi) is 2.13. The maximum atomic E-state index is 9.99. The molecular weight excluding hydrogens is 152 g/mol. The smallest absolute Gasteiger partial charge is 0.0905 e. The van der Waals surface area contributed by atoms with Gasteiger partial charge in [0.1, 0.15) is 0 Å². The second-order valence-corrected chi connectivity index (χ2v) is 4.51. The van der Waals surface area contributed by atoms with Crippen LogP contribution in [0, 0.1) is 5.92 Å². The van der Waals surface area contributed by atoms with E-state index in [1.54, 1.807) is 0 Å². The lowest BCUT2D eigenvalue weighted by Crippen LogP contribution is -2.39. The number of rotatable bonds is 3. The number of hydrogen-bond donors (Lipinski definition) is 2. The first-order valence-corrected chi connectivity index (χ1v) is 5.11. The van der Waals surface area contributed by atoms with Gasteiger partial charge >= 0.3 is 0 Å². The molecule has 70 valence electrons. The summed E-state index contributed by atoms with van der Waals surface area (Å²) in [5.74, 6) is 0.713. The van der Waals surface area contributed by atoms with Gasteiger partial charge in [0, 0.05) is 0 Å². The van der Waals surface area contributed by atoms with E-state index in [0.29, 0.717) is 5.92 Å². The monoisotopic (exact) mass is 170 g/mol. The number of aliphatic hydroxyl groups excluding tert-OH is 1. The van der Waals surface area contributed by atoms with Gasteiger partial charge in [0.25, 0.3) is 0 Å². The Bertz CT molecular complexity index is 157. The maximum Gasteiger partial charge on any atom is 0.0905 e. The van der Waals surface area contributed by atoms with Crippen LogP contribution >= 0.6 is 0 Å². The van der Waals surface area contributed by atoms with Crippen LogP contribution in [0.1, 0.15) is 44.9 Å². The third-order valence-corrected chi connectivity index (χ3v) is 3.34. The van der Waals surface area contributed by atoms with Crippen LogP contribution in [-0.4, -0.2) is 21.9 Å². The van der Waals surface area contributed by atoms with E-state index in [1.165, 1.54) is 12.8 Å². The standard InChI is InChI=1S/C10H18O2/c11-9(7-8-3-4-8)10(12)5-1-2-6-10/h8-9,11-12H,1-7H2. The quantitative estimate of drug-likeness (QED) is 0.673. The van der Waals surface area contributed by atoms with Crippen molar-refractivity contribution in [2.24, 2.45) is 5.92 Å². The molecular formula is C10H18O2. The Morgan fingerprint density at radius 3 is 2.33 bits per heavy atom. The van der Waals surface area contributed by atoms with E-state index >= 15 is 0 Å². The van der Waals surface area contributed by atoms with Gasteiger partial charge in [0.2, 0.25) is 0 Å². The minimum absolute atomic E-state index is 0.451. The highest BCUT2D eigenvalue weighted by Gasteiger charge is 2.40. The van der Waals surface area contributed by atoms with Crippen molar-refractivity contribution >= 4 is 0 Å². The van der Waals surface area contributed by atoms with Gasteiger partial charge in [-0.05, 0) is 25.2 Å². The highest BCUT2D eigenvalue weighted by atomic mass is 16.3. The Morgan fingerprint density at radius 2 is 1.83 bits per heavy atom. The zero-order chi connectivity index (χ0) is 8.60. The van der Waals surface area contributed by atoms with Gasteiger partial charge in [-0.2, -0.15) is 0 Å². The Hall–Kier alpha value is -0.0800. The minimum atomic E-state index is -0.720. The summed E-state index contributed by atoms with van der Waals surface area (Å²) in [4.78, 5) is 0. The lowest BCUT2D eigenvalue weighted by molar-refractivity contribution is -0.0750. The summed E-state index contributed by atoms with van der Waals surface area (Å²) in [7, 11) is 0. The molecule has 0 aromatic carbocycles. The van der Waals surface area contributed by atoms with Gasteiger partial charge in [-0.15, -0.1) is 0 Å². The molecule has 2 fully saturated rings. The second-order valence-electron chi connectivity index (χ2n) is 4.51. The molecule has 1 atom stereocenters. The van der Waals surface area contributed by atoms with E-state index in [9.17, 15) is 10.2 Å². The fourth-order valence-corrected chi connectivity index (χ4v) is 2.21. The molecule has 2 aliphatic carbocycles. The van der Waals surface area contributed by atoms with E-state index in [-0.39, 0.29) is 0 Å². The summed E-state index contributed by atoms with van der Waals surface area (Å²) in [6.07, 6.45) is 6.67. The molecule has 2 aliphatic rings. The van der Waals surface area contributed by atoms with E-state index in [2.05, 4.69) is 0 Å². The third kappa shape index (κ3) is 1.64. The second kappa shape index (κ2) is 3.00. The molecule has 0 aliphatic heterocycles. The first-order valence-electron chi connectivity index (χ1n) is 5.11. The molecule has 0 aromatic heterocycles. The van der Waals surface area contributed by atoms with Gasteiger partial charge in [-0.3, -0.25) is 0 Å². The van der Waals surface area contributed by atoms with Gasteiger partial charge in [-0.1, -0.05) is 25.7 Å². The van der Waals surface area contributed by atoms with Crippen LogP contribution in [0.2, 0.25) is 0 Å². The average Bonchev–Trinajstić information content (AvgIpc) is 2.73. The number of hydrogen-bond acceptors (Lipinski definition) is 2. The molecule has 2 saturated carbocycles. The molecule has 0 spiro atoms. The van der Waals surface area contributed by atoms with Crippen molar-refractivity contribution in [2.45, 2.75) is 56.7 Å². The Labute approximate surface area is 73.6 Å². The molecule has 0 saturated heterocycles. The Morgan fingerprint density at radius 1 is 1.25 bits per heavy atom. The van der Waals surface area contributed by atoms with E-state index in [4.69, 9.17) is 0 Å². The normalized spacial score (nSPS) is 30.5. The molecule has 2 rings (SSSR count). The lowest BCUT2D eigenvalue weighted by Gasteiger charge is -2.28. The summed E-state index contributed by atoms with van der Waals surface area (Å²) in [6.45, 7) is 0. The SMILES string of the molecule is OC(CC1CC1)C1(O)CCCC1. The molecule has 12 heavy (non-hydrogen) atoms. The molecule has 2 N–H and O–H groups in total. The topological polar surface area (TPSA) is 40.5 Å². The van der Waals surface area contributed by atoms with Crippen LogP contribution in [0.15, 0.2) is 0 Å². The maximum absolute atomic E-state index is 9.99. The molecule has 0 heterocycles. The van der Waals surface area contributed by atoms with Crippen molar-refractivity contribution in [2.75, 3.05) is 0 Å².